The Morgan fingerprint density at radius 3 is 1.94 bits per heavy atom. The van der Waals surface area contributed by atoms with Crippen LogP contribution in [0.4, 0.5) is 13.2 Å². The quantitative estimate of drug-likeness (QED) is 0.728. The molecule has 0 bridgehead atoms. The van der Waals surface area contributed by atoms with Gasteiger partial charge in [-0.3, -0.25) is 4.98 Å². The second-order valence-electron chi connectivity index (χ2n) is 3.80. The number of aryl methyl sites for hydroxylation is 1. The van der Waals surface area contributed by atoms with Crippen LogP contribution in [0.3, 0.4) is 0 Å². The topological polar surface area (TPSA) is 12.9 Å². The average molecular weight is 237 g/mol. The van der Waals surface area contributed by atoms with E-state index in [4.69, 9.17) is 0 Å². The van der Waals surface area contributed by atoms with Gasteiger partial charge in [0.2, 0.25) is 0 Å². The van der Waals surface area contributed by atoms with E-state index in [1.807, 2.05) is 31.2 Å². The van der Waals surface area contributed by atoms with Crippen molar-refractivity contribution in [2.75, 3.05) is 0 Å². The summed E-state index contributed by atoms with van der Waals surface area (Å²) in [5.74, 6) is 0. The van der Waals surface area contributed by atoms with Gasteiger partial charge in [-0.2, -0.15) is 13.2 Å². The molecule has 0 aliphatic carbocycles. The lowest BCUT2D eigenvalue weighted by atomic mass is 10.1. The number of halogens is 3. The van der Waals surface area contributed by atoms with Crippen molar-refractivity contribution in [2.24, 2.45) is 0 Å². The third-order valence-electron chi connectivity index (χ3n) is 2.44. The first-order valence-corrected chi connectivity index (χ1v) is 5.07. The minimum Gasteiger partial charge on any atom is -0.251 e. The SMILES string of the molecule is Cc1ccc(-c2ccc(C(F)(F)F)nc2)cc1. The summed E-state index contributed by atoms with van der Waals surface area (Å²) in [5.41, 5.74) is 1.77. The molecule has 0 N–H and O–H groups in total. The number of benzene rings is 1. The molecule has 17 heavy (non-hydrogen) atoms. The largest absolute Gasteiger partial charge is 0.433 e. The van der Waals surface area contributed by atoms with Gasteiger partial charge in [-0.05, 0) is 18.6 Å². The van der Waals surface area contributed by atoms with E-state index in [-0.39, 0.29) is 0 Å². The molecule has 0 spiro atoms. The van der Waals surface area contributed by atoms with Crippen molar-refractivity contribution in [3.05, 3.63) is 53.9 Å². The summed E-state index contributed by atoms with van der Waals surface area (Å²) in [5, 5.41) is 0. The third kappa shape index (κ3) is 2.64. The van der Waals surface area contributed by atoms with Gasteiger partial charge in [0.25, 0.3) is 0 Å². The molecule has 1 nitrogen and oxygen atoms in total. The fourth-order valence-electron chi connectivity index (χ4n) is 1.48. The predicted molar refractivity (Wildman–Crippen MR) is 59.4 cm³/mol. The Kier molecular flexibility index (Phi) is 2.88. The minimum atomic E-state index is -4.38. The summed E-state index contributed by atoms with van der Waals surface area (Å²) < 4.78 is 36.9. The Hall–Kier alpha value is -1.84. The van der Waals surface area contributed by atoms with Crippen LogP contribution in [0.2, 0.25) is 0 Å². The zero-order valence-corrected chi connectivity index (χ0v) is 9.12. The molecule has 0 fully saturated rings. The Bertz CT molecular complexity index is 498. The predicted octanol–water partition coefficient (Wildman–Crippen LogP) is 4.08. The van der Waals surface area contributed by atoms with Crippen LogP contribution in [-0.4, -0.2) is 4.98 Å². The van der Waals surface area contributed by atoms with E-state index in [1.165, 1.54) is 12.3 Å². The molecule has 0 saturated heterocycles. The summed E-state index contributed by atoms with van der Waals surface area (Å²) in [4.78, 5) is 3.42. The van der Waals surface area contributed by atoms with Gasteiger partial charge in [-0.25, -0.2) is 0 Å². The lowest BCUT2D eigenvalue weighted by Crippen LogP contribution is -2.07. The molecule has 1 heterocycles. The molecular weight excluding hydrogens is 227 g/mol. The molecule has 0 amide bonds. The number of aromatic nitrogens is 1. The highest BCUT2D eigenvalue weighted by atomic mass is 19.4. The zero-order valence-electron chi connectivity index (χ0n) is 9.12. The molecule has 0 aliphatic rings. The van der Waals surface area contributed by atoms with Gasteiger partial charge < -0.3 is 0 Å². The normalized spacial score (nSPS) is 11.5. The molecular formula is C13H10F3N. The number of hydrogen-bond acceptors (Lipinski definition) is 1. The van der Waals surface area contributed by atoms with Crippen molar-refractivity contribution >= 4 is 0 Å². The van der Waals surface area contributed by atoms with Gasteiger partial charge in [0.1, 0.15) is 5.69 Å². The number of rotatable bonds is 1. The van der Waals surface area contributed by atoms with Gasteiger partial charge in [0.05, 0.1) is 0 Å². The Morgan fingerprint density at radius 2 is 1.47 bits per heavy atom. The Labute approximate surface area is 96.9 Å². The van der Waals surface area contributed by atoms with Crippen LogP contribution < -0.4 is 0 Å². The van der Waals surface area contributed by atoms with Gasteiger partial charge in [-0.1, -0.05) is 35.9 Å². The van der Waals surface area contributed by atoms with Gasteiger partial charge in [0, 0.05) is 11.8 Å². The number of nitrogens with zero attached hydrogens (tertiary/aromatic N) is 1. The highest BCUT2D eigenvalue weighted by molar-refractivity contribution is 5.62. The van der Waals surface area contributed by atoms with E-state index in [9.17, 15) is 13.2 Å². The van der Waals surface area contributed by atoms with E-state index in [0.717, 1.165) is 17.2 Å². The van der Waals surface area contributed by atoms with Crippen molar-refractivity contribution in [1.82, 2.24) is 4.98 Å². The summed E-state index contributed by atoms with van der Waals surface area (Å²) in [6.45, 7) is 1.95. The first-order chi connectivity index (χ1) is 7.97. The lowest BCUT2D eigenvalue weighted by Gasteiger charge is -2.06. The van der Waals surface area contributed by atoms with Crippen LogP contribution in [0.1, 0.15) is 11.3 Å². The molecule has 0 atom stereocenters. The van der Waals surface area contributed by atoms with E-state index < -0.39 is 11.9 Å². The lowest BCUT2D eigenvalue weighted by molar-refractivity contribution is -0.141. The van der Waals surface area contributed by atoms with Crippen molar-refractivity contribution in [2.45, 2.75) is 13.1 Å². The van der Waals surface area contributed by atoms with Crippen molar-refractivity contribution in [1.29, 1.82) is 0 Å². The fourth-order valence-corrected chi connectivity index (χ4v) is 1.48. The molecule has 2 aromatic rings. The molecule has 0 saturated carbocycles. The van der Waals surface area contributed by atoms with Crippen molar-refractivity contribution < 1.29 is 13.2 Å². The van der Waals surface area contributed by atoms with Crippen LogP contribution in [-0.2, 0) is 6.18 Å². The highest BCUT2D eigenvalue weighted by Crippen LogP contribution is 2.28. The maximum absolute atomic E-state index is 12.3. The molecule has 4 heteroatoms. The number of pyridine rings is 1. The molecule has 1 aromatic carbocycles. The maximum Gasteiger partial charge on any atom is 0.433 e. The Morgan fingerprint density at radius 1 is 0.882 bits per heavy atom. The van der Waals surface area contributed by atoms with E-state index >= 15 is 0 Å². The van der Waals surface area contributed by atoms with Crippen molar-refractivity contribution in [3.8, 4) is 11.1 Å². The molecule has 2 rings (SSSR count). The molecule has 88 valence electrons. The summed E-state index contributed by atoms with van der Waals surface area (Å²) in [6, 6.07) is 9.97. The van der Waals surface area contributed by atoms with Gasteiger partial charge in [-0.15, -0.1) is 0 Å². The smallest absolute Gasteiger partial charge is 0.251 e. The Balaban J connectivity index is 2.33. The molecule has 0 radical (unpaired) electrons. The standard InChI is InChI=1S/C13H10F3N/c1-9-2-4-10(5-3-9)11-6-7-12(17-8-11)13(14,15)16/h2-8H,1H3. The number of hydrogen-bond donors (Lipinski definition) is 0. The van der Waals surface area contributed by atoms with Gasteiger partial charge >= 0.3 is 6.18 Å². The van der Waals surface area contributed by atoms with Crippen LogP contribution in [0.25, 0.3) is 11.1 Å². The zero-order chi connectivity index (χ0) is 12.5. The first-order valence-electron chi connectivity index (χ1n) is 5.07. The maximum atomic E-state index is 12.3. The van der Waals surface area contributed by atoms with Crippen LogP contribution in [0.5, 0.6) is 0 Å². The van der Waals surface area contributed by atoms with Crippen LogP contribution >= 0.6 is 0 Å². The van der Waals surface area contributed by atoms with Crippen LogP contribution in [0, 0.1) is 6.92 Å². The summed E-state index contributed by atoms with van der Waals surface area (Å²) in [7, 11) is 0. The second kappa shape index (κ2) is 4.20. The minimum absolute atomic E-state index is 0.679. The second-order valence-corrected chi connectivity index (χ2v) is 3.80. The molecule has 0 unspecified atom stereocenters. The summed E-state index contributed by atoms with van der Waals surface area (Å²) >= 11 is 0. The van der Waals surface area contributed by atoms with E-state index in [0.29, 0.717) is 5.56 Å². The van der Waals surface area contributed by atoms with Crippen LogP contribution in [0.15, 0.2) is 42.6 Å². The number of alkyl halides is 3. The van der Waals surface area contributed by atoms with Gasteiger partial charge in [0.15, 0.2) is 0 Å². The fraction of sp³-hybridized carbons (Fsp3) is 0.154. The molecule has 1 aromatic heterocycles. The molecule has 0 aliphatic heterocycles. The summed E-state index contributed by atoms with van der Waals surface area (Å²) in [6.07, 6.45) is -3.14. The third-order valence-corrected chi connectivity index (χ3v) is 2.44. The first kappa shape index (κ1) is 11.6. The van der Waals surface area contributed by atoms with E-state index in [2.05, 4.69) is 4.98 Å². The van der Waals surface area contributed by atoms with Crippen molar-refractivity contribution in [3.63, 3.8) is 0 Å². The highest BCUT2D eigenvalue weighted by Gasteiger charge is 2.31. The van der Waals surface area contributed by atoms with E-state index in [1.54, 1.807) is 0 Å². The monoisotopic (exact) mass is 237 g/mol. The average Bonchev–Trinajstić information content (AvgIpc) is 2.29.